The summed E-state index contributed by atoms with van der Waals surface area (Å²) >= 11 is 1.09. The predicted octanol–water partition coefficient (Wildman–Crippen LogP) is 2.11. The molecule has 0 aromatic carbocycles. The van der Waals surface area contributed by atoms with Crippen LogP contribution >= 0.6 is 11.3 Å². The van der Waals surface area contributed by atoms with E-state index in [0.717, 1.165) is 11.3 Å². The molecule has 0 bridgehead atoms. The van der Waals surface area contributed by atoms with Crippen LogP contribution in [0.5, 0.6) is 0 Å². The van der Waals surface area contributed by atoms with Gasteiger partial charge in [0, 0.05) is 6.04 Å². The second kappa shape index (κ2) is 6.42. The molecule has 0 fully saturated rings. The van der Waals surface area contributed by atoms with E-state index in [9.17, 15) is 9.59 Å². The molecule has 0 saturated carbocycles. The van der Waals surface area contributed by atoms with Crippen molar-refractivity contribution in [3.8, 4) is 0 Å². The zero-order valence-corrected chi connectivity index (χ0v) is 12.2. The molecular formula is C12H18N2O4S. The predicted molar refractivity (Wildman–Crippen MR) is 74.8 cm³/mol. The lowest BCUT2D eigenvalue weighted by atomic mass is 10.2. The molecule has 6 nitrogen and oxygen atoms in total. The van der Waals surface area contributed by atoms with Crippen molar-refractivity contribution >= 4 is 34.0 Å². The van der Waals surface area contributed by atoms with Crippen molar-refractivity contribution < 1.29 is 19.1 Å². The number of nitrogens with one attached hydrogen (secondary N) is 1. The molecule has 0 amide bonds. The minimum atomic E-state index is -0.576. The third-order valence-electron chi connectivity index (χ3n) is 2.22. The summed E-state index contributed by atoms with van der Waals surface area (Å²) in [5, 5.41) is 3.59. The normalized spacial score (nSPS) is 10.4. The van der Waals surface area contributed by atoms with Crippen LogP contribution in [0.1, 0.15) is 40.8 Å². The van der Waals surface area contributed by atoms with Crippen LogP contribution in [0.25, 0.3) is 0 Å². The molecule has 1 heterocycles. The topological polar surface area (TPSA) is 90.6 Å². The van der Waals surface area contributed by atoms with Gasteiger partial charge in [-0.2, -0.15) is 0 Å². The van der Waals surface area contributed by atoms with Crippen LogP contribution < -0.4 is 11.1 Å². The monoisotopic (exact) mass is 286 g/mol. The van der Waals surface area contributed by atoms with Gasteiger partial charge >= 0.3 is 11.9 Å². The van der Waals surface area contributed by atoms with Crippen LogP contribution in [-0.2, 0) is 9.47 Å². The van der Waals surface area contributed by atoms with E-state index in [1.807, 2.05) is 13.8 Å². The number of methoxy groups -OCH3 is 1. The largest absolute Gasteiger partial charge is 0.465 e. The standard InChI is InChI=1S/C12H18N2O4S/c1-5-18-12(16)9-8(13)7(11(15)17-4)10(19-9)14-6(2)3/h6,14H,5,13H2,1-4H3. The highest BCUT2D eigenvalue weighted by Crippen LogP contribution is 2.37. The first-order chi connectivity index (χ1) is 8.92. The summed E-state index contributed by atoms with van der Waals surface area (Å²) in [7, 11) is 1.27. The SMILES string of the molecule is CCOC(=O)c1sc(NC(C)C)c(C(=O)OC)c1N. The molecule has 19 heavy (non-hydrogen) atoms. The molecule has 3 N–H and O–H groups in total. The first-order valence-corrected chi connectivity index (χ1v) is 6.68. The summed E-state index contributed by atoms with van der Waals surface area (Å²) in [6.45, 7) is 5.79. The molecule has 0 atom stereocenters. The fraction of sp³-hybridized carbons (Fsp3) is 0.500. The summed E-state index contributed by atoms with van der Waals surface area (Å²) in [4.78, 5) is 23.7. The summed E-state index contributed by atoms with van der Waals surface area (Å²) in [5.74, 6) is -1.11. The van der Waals surface area contributed by atoms with Crippen molar-refractivity contribution in [1.29, 1.82) is 0 Å². The molecule has 1 rings (SSSR count). The average molecular weight is 286 g/mol. The van der Waals surface area contributed by atoms with Gasteiger partial charge < -0.3 is 20.5 Å². The van der Waals surface area contributed by atoms with Crippen LogP contribution in [0.15, 0.2) is 0 Å². The Kier molecular flexibility index (Phi) is 5.17. The third-order valence-corrected chi connectivity index (χ3v) is 3.33. The first-order valence-electron chi connectivity index (χ1n) is 5.86. The van der Waals surface area contributed by atoms with Gasteiger partial charge in [-0.25, -0.2) is 9.59 Å². The van der Waals surface area contributed by atoms with Gasteiger partial charge in [0.15, 0.2) is 0 Å². The number of hydrogen-bond donors (Lipinski definition) is 2. The van der Waals surface area contributed by atoms with Gasteiger partial charge in [-0.1, -0.05) is 0 Å². The fourth-order valence-electron chi connectivity index (χ4n) is 1.46. The molecule has 0 spiro atoms. The number of thiophene rings is 1. The van der Waals surface area contributed by atoms with E-state index in [2.05, 4.69) is 10.1 Å². The van der Waals surface area contributed by atoms with Crippen LogP contribution in [0.4, 0.5) is 10.7 Å². The second-order valence-corrected chi connectivity index (χ2v) is 5.08. The van der Waals surface area contributed by atoms with E-state index in [4.69, 9.17) is 10.5 Å². The minimum Gasteiger partial charge on any atom is -0.465 e. The number of nitrogen functional groups attached to an aromatic ring is 1. The maximum absolute atomic E-state index is 11.8. The highest BCUT2D eigenvalue weighted by atomic mass is 32.1. The summed E-state index contributed by atoms with van der Waals surface area (Å²) in [6.07, 6.45) is 0. The lowest BCUT2D eigenvalue weighted by Crippen LogP contribution is -2.13. The zero-order valence-electron chi connectivity index (χ0n) is 11.4. The van der Waals surface area contributed by atoms with Gasteiger partial charge in [-0.15, -0.1) is 11.3 Å². The Labute approximate surface area is 115 Å². The fourth-order valence-corrected chi connectivity index (χ4v) is 2.61. The van der Waals surface area contributed by atoms with Crippen LogP contribution in [0.2, 0.25) is 0 Å². The maximum atomic E-state index is 11.8. The van der Waals surface area contributed by atoms with Crippen LogP contribution in [-0.4, -0.2) is 31.7 Å². The molecule has 0 aliphatic heterocycles. The Morgan fingerprint density at radius 1 is 1.37 bits per heavy atom. The number of esters is 2. The van der Waals surface area contributed by atoms with Crippen molar-refractivity contribution in [2.45, 2.75) is 26.8 Å². The number of rotatable bonds is 5. The molecule has 0 aliphatic rings. The first kappa shape index (κ1) is 15.3. The van der Waals surface area contributed by atoms with Gasteiger partial charge in [-0.3, -0.25) is 0 Å². The highest BCUT2D eigenvalue weighted by Gasteiger charge is 2.27. The number of hydrogen-bond acceptors (Lipinski definition) is 7. The molecule has 7 heteroatoms. The van der Waals surface area contributed by atoms with E-state index < -0.39 is 11.9 Å². The van der Waals surface area contributed by atoms with Crippen molar-refractivity contribution in [2.24, 2.45) is 0 Å². The molecular weight excluding hydrogens is 268 g/mol. The van der Waals surface area contributed by atoms with E-state index in [-0.39, 0.29) is 28.8 Å². The molecule has 0 unspecified atom stereocenters. The Bertz CT molecular complexity index is 482. The summed E-state index contributed by atoms with van der Waals surface area (Å²) in [6, 6.07) is 0.0940. The van der Waals surface area contributed by atoms with Gasteiger partial charge in [-0.05, 0) is 20.8 Å². The number of nitrogens with two attached hydrogens (primary N) is 1. The zero-order chi connectivity index (χ0) is 14.6. The summed E-state index contributed by atoms with van der Waals surface area (Å²) in [5.41, 5.74) is 6.14. The Morgan fingerprint density at radius 2 is 2.00 bits per heavy atom. The number of carbonyl (C=O) groups excluding carboxylic acids is 2. The van der Waals surface area contributed by atoms with Crippen LogP contribution in [0.3, 0.4) is 0 Å². The smallest absolute Gasteiger partial charge is 0.350 e. The lowest BCUT2D eigenvalue weighted by molar-refractivity contribution is 0.0533. The molecule has 1 aromatic heterocycles. The van der Waals surface area contributed by atoms with Gasteiger partial charge in [0.25, 0.3) is 0 Å². The quantitative estimate of drug-likeness (QED) is 0.806. The molecule has 106 valence electrons. The number of carbonyl (C=O) groups is 2. The number of anilines is 2. The summed E-state index contributed by atoms with van der Waals surface area (Å²) < 4.78 is 9.60. The average Bonchev–Trinajstić information content (AvgIpc) is 2.65. The van der Waals surface area contributed by atoms with E-state index in [0.29, 0.717) is 5.00 Å². The highest BCUT2D eigenvalue weighted by molar-refractivity contribution is 7.19. The van der Waals surface area contributed by atoms with E-state index >= 15 is 0 Å². The molecule has 0 aliphatic carbocycles. The second-order valence-electron chi connectivity index (χ2n) is 4.06. The van der Waals surface area contributed by atoms with Crippen molar-refractivity contribution in [3.05, 3.63) is 10.4 Å². The molecule has 1 aromatic rings. The van der Waals surface area contributed by atoms with Crippen molar-refractivity contribution in [3.63, 3.8) is 0 Å². The van der Waals surface area contributed by atoms with Gasteiger partial charge in [0.2, 0.25) is 0 Å². The maximum Gasteiger partial charge on any atom is 0.350 e. The number of ether oxygens (including phenoxy) is 2. The minimum absolute atomic E-state index is 0.0940. The third kappa shape index (κ3) is 3.37. The van der Waals surface area contributed by atoms with Gasteiger partial charge in [0.1, 0.15) is 15.4 Å². The van der Waals surface area contributed by atoms with Crippen molar-refractivity contribution in [2.75, 3.05) is 24.8 Å². The van der Waals surface area contributed by atoms with E-state index in [1.54, 1.807) is 6.92 Å². The lowest BCUT2D eigenvalue weighted by Gasteiger charge is -2.09. The Hall–Kier alpha value is -1.76. The molecule has 0 radical (unpaired) electrons. The molecule has 0 saturated heterocycles. The Morgan fingerprint density at radius 3 is 2.47 bits per heavy atom. The van der Waals surface area contributed by atoms with Crippen molar-refractivity contribution in [1.82, 2.24) is 0 Å². The Balaban J connectivity index is 3.25. The van der Waals surface area contributed by atoms with Crippen LogP contribution in [0, 0.1) is 0 Å². The van der Waals surface area contributed by atoms with E-state index in [1.165, 1.54) is 7.11 Å². The van der Waals surface area contributed by atoms with Gasteiger partial charge in [0.05, 0.1) is 19.4 Å².